The molecule has 254 valence electrons. The highest BCUT2D eigenvalue weighted by atomic mass is 16.2. The molecule has 2 amide bonds. The maximum Gasteiger partial charge on any atom is 0.252 e. The largest absolute Gasteiger partial charge is 0.352 e. The monoisotopic (exact) mass is 662 g/mol. The lowest BCUT2D eigenvalue weighted by molar-refractivity contribution is 0.0946. The Morgan fingerprint density at radius 1 is 0.500 bits per heavy atom. The molecule has 6 nitrogen and oxygen atoms in total. The predicted molar refractivity (Wildman–Crippen MR) is 205 cm³/mol. The number of hydrogen-bond donors (Lipinski definition) is 2. The fourth-order valence-electron chi connectivity index (χ4n) is 6.40. The first-order chi connectivity index (χ1) is 24.5. The van der Waals surface area contributed by atoms with Crippen LogP contribution < -0.4 is 10.6 Å². The number of nitrogens with zero attached hydrogens (tertiary/aromatic N) is 2. The average molecular weight is 663 g/mol. The van der Waals surface area contributed by atoms with Crippen molar-refractivity contribution >= 4 is 33.6 Å². The lowest BCUT2D eigenvalue weighted by atomic mass is 10.0. The van der Waals surface area contributed by atoms with Gasteiger partial charge in [-0.15, -0.1) is 0 Å². The number of hydrogen-bond acceptors (Lipinski definition) is 4. The molecule has 0 atom stereocenters. The first kappa shape index (κ1) is 34.5. The van der Waals surface area contributed by atoms with Crippen LogP contribution in [0, 0.1) is 0 Å². The van der Waals surface area contributed by atoms with Crippen LogP contribution >= 0.6 is 0 Å². The van der Waals surface area contributed by atoms with Crippen LogP contribution in [-0.4, -0.2) is 34.9 Å². The zero-order valence-electron chi connectivity index (χ0n) is 29.2. The molecule has 0 spiro atoms. The maximum absolute atomic E-state index is 13.3. The van der Waals surface area contributed by atoms with E-state index in [9.17, 15) is 9.59 Å². The van der Waals surface area contributed by atoms with Gasteiger partial charge < -0.3 is 10.6 Å². The number of carbonyl (C=O) groups is 2. The van der Waals surface area contributed by atoms with E-state index in [0.717, 1.165) is 95.7 Å². The van der Waals surface area contributed by atoms with E-state index in [0.29, 0.717) is 24.2 Å². The van der Waals surface area contributed by atoms with Gasteiger partial charge in [0.05, 0.1) is 33.5 Å². The molecular weight excluding hydrogens is 617 g/mol. The number of pyridine rings is 2. The Balaban J connectivity index is 0.940. The number of rotatable bonds is 15. The summed E-state index contributed by atoms with van der Waals surface area (Å²) in [6.45, 7) is 5.55. The van der Waals surface area contributed by atoms with Crippen molar-refractivity contribution < 1.29 is 9.59 Å². The van der Waals surface area contributed by atoms with Gasteiger partial charge in [-0.05, 0) is 61.1 Å². The minimum Gasteiger partial charge on any atom is -0.352 e. The minimum atomic E-state index is -0.0609. The van der Waals surface area contributed by atoms with Gasteiger partial charge in [-0.1, -0.05) is 124 Å². The average Bonchev–Trinajstić information content (AvgIpc) is 3.17. The van der Waals surface area contributed by atoms with Crippen molar-refractivity contribution in [3.8, 4) is 22.5 Å². The zero-order chi connectivity index (χ0) is 34.7. The third-order valence-corrected chi connectivity index (χ3v) is 9.41. The summed E-state index contributed by atoms with van der Waals surface area (Å²) in [4.78, 5) is 36.3. The van der Waals surface area contributed by atoms with Crippen molar-refractivity contribution in [3.63, 3.8) is 0 Å². The molecule has 0 radical (unpaired) electrons. The highest BCUT2D eigenvalue weighted by Crippen LogP contribution is 2.27. The van der Waals surface area contributed by atoms with Gasteiger partial charge in [-0.2, -0.15) is 0 Å². The summed E-state index contributed by atoms with van der Waals surface area (Å²) in [5.41, 5.74) is 9.15. The molecule has 0 saturated heterocycles. The summed E-state index contributed by atoms with van der Waals surface area (Å²) in [6.07, 6.45) is 8.10. The van der Waals surface area contributed by atoms with Gasteiger partial charge in [0.15, 0.2) is 0 Å². The highest BCUT2D eigenvalue weighted by Gasteiger charge is 2.15. The molecule has 6 aromatic rings. The Kier molecular flexibility index (Phi) is 11.6. The normalized spacial score (nSPS) is 11.2. The molecule has 0 bridgehead atoms. The molecule has 2 heterocycles. The topological polar surface area (TPSA) is 84.0 Å². The van der Waals surface area contributed by atoms with Crippen LogP contribution in [0.4, 0.5) is 0 Å². The number of aromatic nitrogens is 2. The summed E-state index contributed by atoms with van der Waals surface area (Å²) in [5, 5.41) is 8.01. The molecule has 50 heavy (non-hydrogen) atoms. The summed E-state index contributed by atoms with van der Waals surface area (Å²) in [5.74, 6) is -0.122. The molecule has 6 rings (SSSR count). The van der Waals surface area contributed by atoms with E-state index < -0.39 is 0 Å². The zero-order valence-corrected chi connectivity index (χ0v) is 29.2. The van der Waals surface area contributed by atoms with Gasteiger partial charge in [0.25, 0.3) is 11.8 Å². The Bertz CT molecular complexity index is 1920. The van der Waals surface area contributed by atoms with Crippen molar-refractivity contribution in [1.82, 2.24) is 20.6 Å². The first-order valence-corrected chi connectivity index (χ1v) is 18.1. The van der Waals surface area contributed by atoms with E-state index in [1.807, 2.05) is 60.7 Å². The summed E-state index contributed by atoms with van der Waals surface area (Å²) < 4.78 is 0. The van der Waals surface area contributed by atoms with Gasteiger partial charge >= 0.3 is 0 Å². The van der Waals surface area contributed by atoms with E-state index in [-0.39, 0.29) is 11.8 Å². The molecule has 0 unspecified atom stereocenters. The third-order valence-electron chi connectivity index (χ3n) is 9.41. The number of unbranched alkanes of at least 4 members (excludes halogenated alkanes) is 5. The number of aryl methyl sites for hydroxylation is 2. The van der Waals surface area contributed by atoms with Gasteiger partial charge in [0, 0.05) is 35.0 Å². The Morgan fingerprint density at radius 3 is 1.28 bits per heavy atom. The maximum atomic E-state index is 13.3. The fourth-order valence-corrected chi connectivity index (χ4v) is 6.40. The Morgan fingerprint density at radius 2 is 0.880 bits per heavy atom. The number of fused-ring (bicyclic) bond motifs is 2. The summed E-state index contributed by atoms with van der Waals surface area (Å²) in [6, 6.07) is 36.3. The van der Waals surface area contributed by atoms with E-state index >= 15 is 0 Å². The van der Waals surface area contributed by atoms with Crippen LogP contribution in [-0.2, 0) is 12.8 Å². The number of para-hydroxylation sites is 2. The van der Waals surface area contributed by atoms with Crippen LogP contribution in [0.1, 0.15) is 84.2 Å². The summed E-state index contributed by atoms with van der Waals surface area (Å²) in [7, 11) is 0. The second-order valence-corrected chi connectivity index (χ2v) is 12.9. The van der Waals surface area contributed by atoms with Crippen LogP contribution in [0.5, 0.6) is 0 Å². The standard InChI is InChI=1S/C44H46N4O2/c1-3-31-19-23-33(24-20-31)41-29-37(35-15-9-11-17-39(35)47-41)43(49)45-27-13-7-5-6-8-14-28-46-44(50)38-30-42(34-25-21-32(4-2)22-26-34)48-40-18-12-10-16-36(38)40/h9-12,15-26,29-30H,3-8,13-14,27-28H2,1-2H3,(H,45,49)(H,46,50). The van der Waals surface area contributed by atoms with Crippen LogP contribution in [0.2, 0.25) is 0 Å². The van der Waals surface area contributed by atoms with E-state index in [1.165, 1.54) is 11.1 Å². The Labute approximate surface area is 295 Å². The second kappa shape index (κ2) is 16.8. The molecule has 0 saturated carbocycles. The van der Waals surface area contributed by atoms with Gasteiger partial charge in [-0.3, -0.25) is 9.59 Å². The number of carbonyl (C=O) groups excluding carboxylic acids is 2. The Hall–Kier alpha value is -5.36. The van der Waals surface area contributed by atoms with Crippen molar-refractivity contribution in [2.45, 2.75) is 65.2 Å². The van der Waals surface area contributed by atoms with Gasteiger partial charge in [0.1, 0.15) is 0 Å². The van der Waals surface area contributed by atoms with Crippen molar-refractivity contribution in [2.75, 3.05) is 13.1 Å². The van der Waals surface area contributed by atoms with Gasteiger partial charge in [-0.25, -0.2) is 9.97 Å². The quantitative estimate of drug-likeness (QED) is 0.107. The molecule has 0 aliphatic rings. The fraction of sp³-hybridized carbons (Fsp3) is 0.273. The SMILES string of the molecule is CCc1ccc(-c2cc(C(=O)NCCCCCCCCNC(=O)c3cc(-c4ccc(CC)cc4)nc4ccccc34)c3ccccc3n2)cc1. The van der Waals surface area contributed by atoms with Crippen molar-refractivity contribution in [3.05, 3.63) is 131 Å². The van der Waals surface area contributed by atoms with Crippen LogP contribution in [0.3, 0.4) is 0 Å². The highest BCUT2D eigenvalue weighted by molar-refractivity contribution is 6.08. The van der Waals surface area contributed by atoms with E-state index in [1.54, 1.807) is 0 Å². The summed E-state index contributed by atoms with van der Waals surface area (Å²) >= 11 is 0. The first-order valence-electron chi connectivity index (χ1n) is 18.1. The molecular formula is C44H46N4O2. The lowest BCUT2D eigenvalue weighted by Gasteiger charge is -2.11. The molecule has 0 aliphatic carbocycles. The van der Waals surface area contributed by atoms with E-state index in [4.69, 9.17) is 9.97 Å². The number of amides is 2. The predicted octanol–water partition coefficient (Wildman–Crippen LogP) is 9.74. The second-order valence-electron chi connectivity index (χ2n) is 12.9. The van der Waals surface area contributed by atoms with Crippen LogP contribution in [0.15, 0.2) is 109 Å². The third kappa shape index (κ3) is 8.43. The number of nitrogens with one attached hydrogen (secondary N) is 2. The van der Waals surface area contributed by atoms with Gasteiger partial charge in [0.2, 0.25) is 0 Å². The molecule has 2 aromatic heterocycles. The van der Waals surface area contributed by atoms with Crippen molar-refractivity contribution in [2.24, 2.45) is 0 Å². The minimum absolute atomic E-state index is 0.0609. The molecule has 0 fully saturated rings. The molecule has 0 aliphatic heterocycles. The van der Waals surface area contributed by atoms with E-state index in [2.05, 4.69) is 73.0 Å². The smallest absolute Gasteiger partial charge is 0.252 e. The van der Waals surface area contributed by atoms with Crippen LogP contribution in [0.25, 0.3) is 44.3 Å². The van der Waals surface area contributed by atoms with Crippen molar-refractivity contribution in [1.29, 1.82) is 0 Å². The number of benzene rings is 4. The lowest BCUT2D eigenvalue weighted by Crippen LogP contribution is -2.25. The molecule has 2 N–H and O–H groups in total. The molecule has 6 heteroatoms. The molecule has 4 aromatic carbocycles.